The molecule has 0 spiro atoms. The Balaban J connectivity index is 1.97. The van der Waals surface area contributed by atoms with Gasteiger partial charge in [0.25, 0.3) is 0 Å². The zero-order valence-electron chi connectivity index (χ0n) is 14.5. The van der Waals surface area contributed by atoms with E-state index in [1.807, 2.05) is 6.07 Å². The first-order valence-corrected chi connectivity index (χ1v) is 12.0. The fraction of sp³-hybridized carbons (Fsp3) is 0.500. The molecule has 1 aromatic rings. The second-order valence-corrected chi connectivity index (χ2v) is 11.7. The standard InChI is InChI=1S/C20H28O2Si/c1-23(2,3)17-15-19(22-20-14-7-8-16-21-20)13-9-12-18-10-5-4-6-11-18/h4-6,9-12,19-20H,7-8,13-14,16H2,1-3H3/b12-9+. The molecule has 1 heterocycles. The first-order valence-electron chi connectivity index (χ1n) is 8.54. The summed E-state index contributed by atoms with van der Waals surface area (Å²) in [6.45, 7) is 7.58. The molecule has 0 saturated carbocycles. The van der Waals surface area contributed by atoms with Gasteiger partial charge in [-0.15, -0.1) is 5.54 Å². The van der Waals surface area contributed by atoms with Gasteiger partial charge < -0.3 is 9.47 Å². The van der Waals surface area contributed by atoms with E-state index >= 15 is 0 Å². The predicted octanol–water partition coefficient (Wildman–Crippen LogP) is 4.88. The number of hydrogen-bond acceptors (Lipinski definition) is 2. The third-order valence-electron chi connectivity index (χ3n) is 3.52. The summed E-state index contributed by atoms with van der Waals surface area (Å²) >= 11 is 0. The molecule has 2 atom stereocenters. The third-order valence-corrected chi connectivity index (χ3v) is 4.42. The van der Waals surface area contributed by atoms with Crippen LogP contribution in [0.3, 0.4) is 0 Å². The molecule has 124 valence electrons. The first kappa shape index (κ1) is 18.0. The summed E-state index contributed by atoms with van der Waals surface area (Å²) in [6.07, 6.45) is 8.22. The van der Waals surface area contributed by atoms with E-state index in [0.29, 0.717) is 0 Å². The van der Waals surface area contributed by atoms with Crippen LogP contribution in [-0.4, -0.2) is 27.1 Å². The Morgan fingerprint density at radius 2 is 2.04 bits per heavy atom. The number of hydrogen-bond donors (Lipinski definition) is 0. The topological polar surface area (TPSA) is 18.5 Å². The molecule has 2 nitrogen and oxygen atoms in total. The van der Waals surface area contributed by atoms with Crippen molar-refractivity contribution in [1.29, 1.82) is 0 Å². The molecule has 23 heavy (non-hydrogen) atoms. The van der Waals surface area contributed by atoms with Crippen LogP contribution in [0.25, 0.3) is 6.08 Å². The summed E-state index contributed by atoms with van der Waals surface area (Å²) < 4.78 is 11.8. The molecule has 0 radical (unpaired) electrons. The lowest BCUT2D eigenvalue weighted by Crippen LogP contribution is -2.27. The second kappa shape index (κ2) is 9.07. The third kappa shape index (κ3) is 7.65. The van der Waals surface area contributed by atoms with E-state index in [1.54, 1.807) is 0 Å². The van der Waals surface area contributed by atoms with Crippen LogP contribution >= 0.6 is 0 Å². The minimum Gasteiger partial charge on any atom is -0.353 e. The summed E-state index contributed by atoms with van der Waals surface area (Å²) in [7, 11) is -1.39. The maximum atomic E-state index is 6.10. The van der Waals surface area contributed by atoms with E-state index in [4.69, 9.17) is 9.47 Å². The van der Waals surface area contributed by atoms with E-state index in [1.165, 1.54) is 12.0 Å². The van der Waals surface area contributed by atoms with Crippen LogP contribution in [0.15, 0.2) is 36.4 Å². The molecule has 1 aliphatic rings. The monoisotopic (exact) mass is 328 g/mol. The molecule has 0 bridgehead atoms. The lowest BCUT2D eigenvalue weighted by Gasteiger charge is -2.25. The lowest BCUT2D eigenvalue weighted by molar-refractivity contribution is -0.175. The highest BCUT2D eigenvalue weighted by molar-refractivity contribution is 6.83. The van der Waals surface area contributed by atoms with Gasteiger partial charge >= 0.3 is 0 Å². The molecule has 3 heteroatoms. The summed E-state index contributed by atoms with van der Waals surface area (Å²) in [5, 5.41) is 0. The Morgan fingerprint density at radius 3 is 2.70 bits per heavy atom. The smallest absolute Gasteiger partial charge is 0.159 e. The zero-order chi connectivity index (χ0) is 16.5. The first-order chi connectivity index (χ1) is 11.0. The number of rotatable bonds is 5. The lowest BCUT2D eigenvalue weighted by atomic mass is 10.1. The van der Waals surface area contributed by atoms with Crippen LogP contribution in [0.2, 0.25) is 19.6 Å². The molecule has 0 aliphatic carbocycles. The largest absolute Gasteiger partial charge is 0.353 e. The molecule has 1 fully saturated rings. The van der Waals surface area contributed by atoms with Crippen LogP contribution in [0, 0.1) is 11.5 Å². The van der Waals surface area contributed by atoms with Crippen LogP contribution in [0.1, 0.15) is 31.2 Å². The zero-order valence-corrected chi connectivity index (χ0v) is 15.5. The van der Waals surface area contributed by atoms with Gasteiger partial charge in [-0.1, -0.05) is 68.0 Å². The van der Waals surface area contributed by atoms with Gasteiger partial charge in [-0.25, -0.2) is 0 Å². The molecule has 1 saturated heterocycles. The summed E-state index contributed by atoms with van der Waals surface area (Å²) in [5.41, 5.74) is 4.64. The fourth-order valence-corrected chi connectivity index (χ4v) is 2.93. The van der Waals surface area contributed by atoms with Gasteiger partial charge in [0.05, 0.1) is 0 Å². The van der Waals surface area contributed by atoms with Gasteiger partial charge in [0.15, 0.2) is 6.29 Å². The molecular weight excluding hydrogens is 300 g/mol. The molecule has 0 N–H and O–H groups in total. The summed E-state index contributed by atoms with van der Waals surface area (Å²) in [6, 6.07) is 10.3. The highest BCUT2D eigenvalue weighted by Crippen LogP contribution is 2.17. The highest BCUT2D eigenvalue weighted by atomic mass is 28.3. The average Bonchev–Trinajstić information content (AvgIpc) is 2.54. The van der Waals surface area contributed by atoms with Crippen molar-refractivity contribution in [3.05, 3.63) is 42.0 Å². The molecule has 2 unspecified atom stereocenters. The quantitative estimate of drug-likeness (QED) is 0.566. The Bertz CT molecular complexity index is 542. The summed E-state index contributed by atoms with van der Waals surface area (Å²) in [5.74, 6) is 3.35. The molecule has 1 aliphatic heterocycles. The molecule has 1 aromatic carbocycles. The van der Waals surface area contributed by atoms with Crippen molar-refractivity contribution < 1.29 is 9.47 Å². The van der Waals surface area contributed by atoms with E-state index in [-0.39, 0.29) is 12.4 Å². The maximum absolute atomic E-state index is 6.10. The molecule has 0 amide bonds. The highest BCUT2D eigenvalue weighted by Gasteiger charge is 2.18. The minimum absolute atomic E-state index is 0.0789. The number of benzene rings is 1. The Hall–Kier alpha value is -1.34. The van der Waals surface area contributed by atoms with Crippen LogP contribution < -0.4 is 0 Å². The van der Waals surface area contributed by atoms with Gasteiger partial charge in [0, 0.05) is 13.0 Å². The van der Waals surface area contributed by atoms with Gasteiger partial charge in [0.2, 0.25) is 0 Å². The van der Waals surface area contributed by atoms with Crippen molar-refractivity contribution in [2.75, 3.05) is 6.61 Å². The second-order valence-electron chi connectivity index (χ2n) is 6.99. The van der Waals surface area contributed by atoms with Crippen molar-refractivity contribution in [3.63, 3.8) is 0 Å². The van der Waals surface area contributed by atoms with Gasteiger partial charge in [0.1, 0.15) is 14.2 Å². The van der Waals surface area contributed by atoms with Gasteiger partial charge in [-0.3, -0.25) is 0 Å². The van der Waals surface area contributed by atoms with Crippen LogP contribution in [0.4, 0.5) is 0 Å². The van der Waals surface area contributed by atoms with E-state index in [9.17, 15) is 0 Å². The van der Waals surface area contributed by atoms with Crippen molar-refractivity contribution in [1.82, 2.24) is 0 Å². The SMILES string of the molecule is C[Si](C)(C)C#CC(C/C=C/c1ccccc1)OC1CCCCO1. The van der Waals surface area contributed by atoms with Crippen LogP contribution in [0.5, 0.6) is 0 Å². The van der Waals surface area contributed by atoms with Crippen molar-refractivity contribution in [2.24, 2.45) is 0 Å². The van der Waals surface area contributed by atoms with Crippen LogP contribution in [-0.2, 0) is 9.47 Å². The Labute approximate surface area is 141 Å². The average molecular weight is 329 g/mol. The van der Waals surface area contributed by atoms with E-state index in [2.05, 4.69) is 67.5 Å². The van der Waals surface area contributed by atoms with Gasteiger partial charge in [-0.2, -0.15) is 0 Å². The number of ether oxygens (including phenoxy) is 2. The van der Waals surface area contributed by atoms with Crippen molar-refractivity contribution in [3.8, 4) is 11.5 Å². The fourth-order valence-electron chi connectivity index (χ4n) is 2.34. The molecule has 0 aromatic heterocycles. The normalized spacial score (nSPS) is 20.0. The van der Waals surface area contributed by atoms with Gasteiger partial charge in [-0.05, 0) is 24.8 Å². The Kier molecular flexibility index (Phi) is 7.10. The minimum atomic E-state index is -1.39. The van der Waals surface area contributed by atoms with E-state index in [0.717, 1.165) is 25.9 Å². The molecular formula is C20H28O2Si. The maximum Gasteiger partial charge on any atom is 0.159 e. The van der Waals surface area contributed by atoms with Crippen molar-refractivity contribution >= 4 is 14.1 Å². The van der Waals surface area contributed by atoms with E-state index < -0.39 is 8.07 Å². The Morgan fingerprint density at radius 1 is 1.26 bits per heavy atom. The predicted molar refractivity (Wildman–Crippen MR) is 99.7 cm³/mol. The molecule has 2 rings (SSSR count). The summed E-state index contributed by atoms with van der Waals surface area (Å²) in [4.78, 5) is 0. The van der Waals surface area contributed by atoms with Crippen molar-refractivity contribution in [2.45, 2.75) is 57.7 Å².